The zero-order valence-corrected chi connectivity index (χ0v) is 17.3. The van der Waals surface area contributed by atoms with Crippen LogP contribution in [0.15, 0.2) is 18.2 Å². The number of allylic oxidation sites excluding steroid dienone is 2. The van der Waals surface area contributed by atoms with Crippen LogP contribution in [0.3, 0.4) is 0 Å². The minimum Gasteiger partial charge on any atom is -0.205 e. The van der Waals surface area contributed by atoms with E-state index in [1.54, 1.807) is 6.92 Å². The molecular formula is C24H34ClF. The molecule has 0 bridgehead atoms. The lowest BCUT2D eigenvalue weighted by molar-refractivity contribution is 0.187. The van der Waals surface area contributed by atoms with E-state index >= 15 is 0 Å². The van der Waals surface area contributed by atoms with Crippen LogP contribution in [0.2, 0.25) is 5.02 Å². The second-order valence-electron chi connectivity index (χ2n) is 8.60. The molecule has 26 heavy (non-hydrogen) atoms. The molecule has 1 unspecified atom stereocenters. The van der Waals surface area contributed by atoms with Crippen molar-refractivity contribution < 1.29 is 4.39 Å². The first-order valence-electron chi connectivity index (χ1n) is 10.7. The van der Waals surface area contributed by atoms with Crippen LogP contribution in [-0.2, 0) is 0 Å². The van der Waals surface area contributed by atoms with Gasteiger partial charge in [-0.1, -0.05) is 75.3 Å². The van der Waals surface area contributed by atoms with Crippen molar-refractivity contribution in [3.63, 3.8) is 0 Å². The van der Waals surface area contributed by atoms with Crippen LogP contribution in [0, 0.1) is 30.5 Å². The van der Waals surface area contributed by atoms with Crippen molar-refractivity contribution in [3.05, 3.63) is 40.2 Å². The van der Waals surface area contributed by atoms with Gasteiger partial charge in [-0.25, -0.2) is 4.39 Å². The summed E-state index contributed by atoms with van der Waals surface area (Å²) in [6.07, 6.45) is 17.1. The van der Waals surface area contributed by atoms with Crippen molar-refractivity contribution in [1.29, 1.82) is 0 Å². The summed E-state index contributed by atoms with van der Waals surface area (Å²) >= 11 is 6.27. The Bertz CT molecular complexity index is 625. The van der Waals surface area contributed by atoms with E-state index in [0.29, 0.717) is 10.6 Å². The van der Waals surface area contributed by atoms with Gasteiger partial charge in [0.05, 0.1) is 5.02 Å². The maximum Gasteiger partial charge on any atom is 0.145 e. The fourth-order valence-electron chi connectivity index (χ4n) is 5.05. The molecule has 144 valence electrons. The largest absolute Gasteiger partial charge is 0.205 e. The molecule has 0 aliphatic heterocycles. The molecule has 1 aromatic rings. The fourth-order valence-corrected chi connectivity index (χ4v) is 5.39. The summed E-state index contributed by atoms with van der Waals surface area (Å²) in [5.74, 6) is 2.46. The van der Waals surface area contributed by atoms with Gasteiger partial charge in [-0.15, -0.1) is 0 Å². The van der Waals surface area contributed by atoms with Crippen molar-refractivity contribution >= 4 is 17.2 Å². The molecule has 1 atom stereocenters. The molecule has 0 radical (unpaired) electrons. The Balaban J connectivity index is 1.53. The lowest BCUT2D eigenvalue weighted by atomic mass is 9.70. The van der Waals surface area contributed by atoms with Gasteiger partial charge in [-0.2, -0.15) is 0 Å². The first-order valence-corrected chi connectivity index (χ1v) is 11.1. The minimum absolute atomic E-state index is 0.256. The number of halogens is 2. The third kappa shape index (κ3) is 4.71. The van der Waals surface area contributed by atoms with Gasteiger partial charge in [-0.3, -0.25) is 0 Å². The number of rotatable bonds is 6. The van der Waals surface area contributed by atoms with Crippen molar-refractivity contribution in [2.75, 3.05) is 0 Å². The van der Waals surface area contributed by atoms with Gasteiger partial charge in [-0.05, 0) is 73.5 Å². The molecule has 1 saturated carbocycles. The second-order valence-corrected chi connectivity index (χ2v) is 8.98. The predicted octanol–water partition coefficient (Wildman–Crippen LogP) is 8.36. The van der Waals surface area contributed by atoms with Gasteiger partial charge in [0.1, 0.15) is 5.82 Å². The van der Waals surface area contributed by atoms with Gasteiger partial charge in [0, 0.05) is 0 Å². The van der Waals surface area contributed by atoms with Gasteiger partial charge < -0.3 is 0 Å². The lowest BCUT2D eigenvalue weighted by Gasteiger charge is -2.35. The summed E-state index contributed by atoms with van der Waals surface area (Å²) in [6, 6.07) is 3.84. The zero-order valence-electron chi connectivity index (χ0n) is 16.5. The maximum atomic E-state index is 14.1. The highest BCUT2D eigenvalue weighted by Gasteiger charge is 2.29. The average molecular weight is 377 g/mol. The predicted molar refractivity (Wildman–Crippen MR) is 111 cm³/mol. The Labute approximate surface area is 164 Å². The van der Waals surface area contributed by atoms with E-state index in [9.17, 15) is 4.39 Å². The molecule has 1 fully saturated rings. The average Bonchev–Trinajstić information content (AvgIpc) is 2.67. The van der Waals surface area contributed by atoms with Gasteiger partial charge >= 0.3 is 0 Å². The highest BCUT2D eigenvalue weighted by Crippen LogP contribution is 2.43. The van der Waals surface area contributed by atoms with Crippen LogP contribution in [0.4, 0.5) is 4.39 Å². The fraction of sp³-hybridized carbons (Fsp3) is 0.667. The van der Waals surface area contributed by atoms with Crippen LogP contribution in [0.5, 0.6) is 0 Å². The van der Waals surface area contributed by atoms with E-state index in [2.05, 4.69) is 13.0 Å². The summed E-state index contributed by atoms with van der Waals surface area (Å²) in [5, 5.41) is 0.308. The van der Waals surface area contributed by atoms with E-state index in [1.165, 1.54) is 63.4 Å². The topological polar surface area (TPSA) is 0 Å². The standard InChI is InChI=1S/C24H34ClF/c1-3-4-5-6-18-8-10-19(11-9-18)20-12-14-21(15-13-20)22-16-7-17(2)24(26)23(22)25/h7,14,16,18-20H,3-6,8-13,15H2,1-2H3. The van der Waals surface area contributed by atoms with Gasteiger partial charge in [0.15, 0.2) is 0 Å². The molecule has 0 nitrogen and oxygen atoms in total. The Morgan fingerprint density at radius 2 is 1.81 bits per heavy atom. The summed E-state index contributed by atoms with van der Waals surface area (Å²) < 4.78 is 14.1. The monoisotopic (exact) mass is 376 g/mol. The molecule has 2 aliphatic carbocycles. The summed E-state index contributed by atoms with van der Waals surface area (Å²) in [6.45, 7) is 4.06. The van der Waals surface area contributed by atoms with Gasteiger partial charge in [0.2, 0.25) is 0 Å². The molecule has 3 rings (SSSR count). The first-order chi connectivity index (χ1) is 12.6. The van der Waals surface area contributed by atoms with Crippen molar-refractivity contribution in [3.8, 4) is 0 Å². The maximum absolute atomic E-state index is 14.1. The molecule has 0 heterocycles. The molecule has 0 spiro atoms. The number of unbranched alkanes of at least 4 members (excludes halogenated alkanes) is 2. The Kier molecular flexibility index (Phi) is 7.20. The molecule has 0 saturated heterocycles. The zero-order chi connectivity index (χ0) is 18.5. The summed E-state index contributed by atoms with van der Waals surface area (Å²) in [7, 11) is 0. The first kappa shape index (κ1) is 19.9. The normalized spacial score (nSPS) is 26.6. The summed E-state index contributed by atoms with van der Waals surface area (Å²) in [4.78, 5) is 0. The van der Waals surface area contributed by atoms with Gasteiger partial charge in [0.25, 0.3) is 0 Å². The second kappa shape index (κ2) is 9.40. The lowest BCUT2D eigenvalue weighted by Crippen LogP contribution is -2.23. The quantitative estimate of drug-likeness (QED) is 0.437. The van der Waals surface area contributed by atoms with E-state index in [-0.39, 0.29) is 5.82 Å². The van der Waals surface area contributed by atoms with Crippen molar-refractivity contribution in [1.82, 2.24) is 0 Å². The molecular weight excluding hydrogens is 343 g/mol. The SMILES string of the molecule is CCCCCC1CCC(C2CC=C(c3ccc(C)c(F)c3Cl)CC2)CC1. The number of hydrogen-bond donors (Lipinski definition) is 0. The smallest absolute Gasteiger partial charge is 0.145 e. The van der Waals surface area contributed by atoms with Crippen molar-refractivity contribution in [2.24, 2.45) is 17.8 Å². The number of benzene rings is 1. The molecule has 0 N–H and O–H groups in total. The van der Waals surface area contributed by atoms with E-state index in [0.717, 1.165) is 36.2 Å². The molecule has 0 aromatic heterocycles. The Morgan fingerprint density at radius 3 is 2.46 bits per heavy atom. The van der Waals surface area contributed by atoms with E-state index in [1.807, 2.05) is 12.1 Å². The van der Waals surface area contributed by atoms with Crippen LogP contribution in [-0.4, -0.2) is 0 Å². The van der Waals surface area contributed by atoms with Crippen LogP contribution < -0.4 is 0 Å². The molecule has 2 aliphatic rings. The van der Waals surface area contributed by atoms with Crippen LogP contribution in [0.1, 0.15) is 88.7 Å². The van der Waals surface area contributed by atoms with Crippen molar-refractivity contribution in [2.45, 2.75) is 84.5 Å². The highest BCUT2D eigenvalue weighted by molar-refractivity contribution is 6.32. The minimum atomic E-state index is -0.256. The molecule has 2 heteroatoms. The Morgan fingerprint density at radius 1 is 1.04 bits per heavy atom. The molecule has 1 aromatic carbocycles. The highest BCUT2D eigenvalue weighted by atomic mass is 35.5. The van der Waals surface area contributed by atoms with Crippen LogP contribution >= 0.6 is 11.6 Å². The number of aryl methyl sites for hydroxylation is 1. The number of hydrogen-bond acceptors (Lipinski definition) is 0. The van der Waals surface area contributed by atoms with Crippen LogP contribution in [0.25, 0.3) is 5.57 Å². The Hall–Kier alpha value is -0.820. The summed E-state index contributed by atoms with van der Waals surface area (Å²) in [5.41, 5.74) is 2.79. The van der Waals surface area contributed by atoms with E-state index < -0.39 is 0 Å². The third-order valence-electron chi connectivity index (χ3n) is 6.85. The van der Waals surface area contributed by atoms with E-state index in [4.69, 9.17) is 11.6 Å². The molecule has 0 amide bonds. The third-order valence-corrected chi connectivity index (χ3v) is 7.22.